The van der Waals surface area contributed by atoms with E-state index in [1.165, 1.54) is 46.2 Å². The van der Waals surface area contributed by atoms with Crippen molar-refractivity contribution in [3.63, 3.8) is 0 Å². The molecule has 0 aliphatic carbocycles. The van der Waals surface area contributed by atoms with Crippen molar-refractivity contribution in [1.29, 1.82) is 0 Å². The fourth-order valence-corrected chi connectivity index (χ4v) is 4.41. The Morgan fingerprint density at radius 2 is 1.94 bits per heavy atom. The average Bonchev–Trinajstić information content (AvgIpc) is 3.17. The molecule has 2 aromatic carbocycles. The van der Waals surface area contributed by atoms with Crippen LogP contribution in [0.15, 0.2) is 47.5 Å². The molecule has 9 nitrogen and oxygen atoms in total. The number of aliphatic carboxylic acids is 1. The van der Waals surface area contributed by atoms with E-state index in [0.29, 0.717) is 22.5 Å². The second-order valence-electron chi connectivity index (χ2n) is 7.52. The van der Waals surface area contributed by atoms with Gasteiger partial charge in [-0.3, -0.25) is 14.3 Å². The Bertz CT molecular complexity index is 1420. The quantitative estimate of drug-likeness (QED) is 0.501. The topological polar surface area (TPSA) is 117 Å². The van der Waals surface area contributed by atoms with Crippen LogP contribution in [0.1, 0.15) is 29.0 Å². The lowest BCUT2D eigenvalue weighted by atomic mass is 9.82. The van der Waals surface area contributed by atoms with Crippen LogP contribution in [0.5, 0.6) is 0 Å². The normalized spacial score (nSPS) is 17.7. The van der Waals surface area contributed by atoms with E-state index in [4.69, 9.17) is 0 Å². The zero-order valence-corrected chi connectivity index (χ0v) is 16.7. The van der Waals surface area contributed by atoms with E-state index < -0.39 is 41.7 Å². The molecular formula is C21H16F2N6O3. The van der Waals surface area contributed by atoms with Gasteiger partial charge in [0.05, 0.1) is 28.7 Å². The number of carboxylic acids is 1. The second kappa shape index (κ2) is 7.22. The third kappa shape index (κ3) is 3.01. The van der Waals surface area contributed by atoms with Crippen LogP contribution in [-0.4, -0.2) is 42.6 Å². The maximum absolute atomic E-state index is 14.5. The molecule has 4 aromatic rings. The second-order valence-corrected chi connectivity index (χ2v) is 7.52. The van der Waals surface area contributed by atoms with Gasteiger partial charge < -0.3 is 10.0 Å². The van der Waals surface area contributed by atoms with Crippen LogP contribution in [0.3, 0.4) is 0 Å². The molecule has 2 atom stereocenters. The first-order valence-electron chi connectivity index (χ1n) is 9.64. The van der Waals surface area contributed by atoms with Gasteiger partial charge in [0, 0.05) is 12.4 Å². The van der Waals surface area contributed by atoms with Crippen LogP contribution in [-0.2, 0) is 11.8 Å². The maximum Gasteiger partial charge on any atom is 0.323 e. The van der Waals surface area contributed by atoms with Gasteiger partial charge in [0.2, 0.25) is 0 Å². The van der Waals surface area contributed by atoms with E-state index in [0.717, 1.165) is 6.07 Å². The van der Waals surface area contributed by atoms with Gasteiger partial charge in [-0.1, -0.05) is 12.1 Å². The number of benzene rings is 2. The van der Waals surface area contributed by atoms with Crippen molar-refractivity contribution in [2.75, 3.05) is 11.4 Å². The molecule has 0 saturated carbocycles. The Morgan fingerprint density at radius 3 is 2.59 bits per heavy atom. The van der Waals surface area contributed by atoms with Crippen molar-refractivity contribution in [2.45, 2.75) is 12.0 Å². The minimum absolute atomic E-state index is 0.0464. The van der Waals surface area contributed by atoms with E-state index in [9.17, 15) is 23.5 Å². The lowest BCUT2D eigenvalue weighted by molar-refractivity contribution is -0.135. The van der Waals surface area contributed by atoms with Gasteiger partial charge >= 0.3 is 5.97 Å². The highest BCUT2D eigenvalue weighted by Crippen LogP contribution is 2.49. The van der Waals surface area contributed by atoms with E-state index in [-0.39, 0.29) is 11.1 Å². The average molecular weight is 438 g/mol. The monoisotopic (exact) mass is 438 g/mol. The zero-order chi connectivity index (χ0) is 22.6. The molecule has 0 bridgehead atoms. The summed E-state index contributed by atoms with van der Waals surface area (Å²) >= 11 is 0. The van der Waals surface area contributed by atoms with E-state index >= 15 is 0 Å². The van der Waals surface area contributed by atoms with Crippen molar-refractivity contribution >= 4 is 22.4 Å². The van der Waals surface area contributed by atoms with Crippen LogP contribution >= 0.6 is 0 Å². The van der Waals surface area contributed by atoms with Gasteiger partial charge in [0.1, 0.15) is 30.3 Å². The zero-order valence-electron chi connectivity index (χ0n) is 16.7. The summed E-state index contributed by atoms with van der Waals surface area (Å²) in [5.74, 6) is -2.55. The number of H-pyrrole nitrogens is 1. The number of carboxylic acid groups (broad SMARTS) is 1. The SMILES string of the molecule is Cn1ncnc1[C@H]1c2n[nH]c(=O)c3cc(F)cc(c23)N(CC(=O)O)[C@@H]1c1ccc(F)cc1. The van der Waals surface area contributed by atoms with Crippen molar-refractivity contribution in [3.8, 4) is 0 Å². The number of aromatic amines is 1. The summed E-state index contributed by atoms with van der Waals surface area (Å²) in [6, 6.07) is 7.12. The molecule has 5 rings (SSSR count). The molecule has 0 spiro atoms. The van der Waals surface area contributed by atoms with E-state index in [2.05, 4.69) is 20.3 Å². The minimum atomic E-state index is -1.16. The highest BCUT2D eigenvalue weighted by Gasteiger charge is 2.42. The van der Waals surface area contributed by atoms with Crippen molar-refractivity contribution in [3.05, 3.63) is 81.8 Å². The first-order chi connectivity index (χ1) is 15.3. The molecule has 11 heteroatoms. The summed E-state index contributed by atoms with van der Waals surface area (Å²) in [6.07, 6.45) is 1.35. The number of aromatic nitrogens is 5. The van der Waals surface area contributed by atoms with Crippen molar-refractivity contribution < 1.29 is 18.7 Å². The minimum Gasteiger partial charge on any atom is -0.480 e. The van der Waals surface area contributed by atoms with Gasteiger partial charge in [-0.15, -0.1) is 0 Å². The summed E-state index contributed by atoms with van der Waals surface area (Å²) in [4.78, 5) is 30.1. The number of halogens is 2. The Hall–Kier alpha value is -4.15. The van der Waals surface area contributed by atoms with Crippen LogP contribution in [0.25, 0.3) is 10.8 Å². The summed E-state index contributed by atoms with van der Waals surface area (Å²) in [5, 5.41) is 20.8. The summed E-state index contributed by atoms with van der Waals surface area (Å²) in [6.45, 7) is -0.499. The molecule has 0 amide bonds. The fraction of sp³-hybridized carbons (Fsp3) is 0.190. The van der Waals surface area contributed by atoms with Gasteiger partial charge in [-0.25, -0.2) is 18.9 Å². The van der Waals surface area contributed by atoms with Crippen molar-refractivity contribution in [1.82, 2.24) is 25.0 Å². The standard InChI is InChI=1S/C21H16F2N6O3/c1-28-20(24-9-25-28)17-18-16-13(21(32)27-26-18)6-12(23)7-14(16)29(8-15(30)31)19(17)10-2-4-11(22)5-3-10/h2-7,9,17,19H,8H2,1H3,(H,27,32)(H,30,31)/t17-,19+/m0/s1. The molecule has 1 aliphatic heterocycles. The van der Waals surface area contributed by atoms with Gasteiger partial charge in [-0.05, 0) is 29.8 Å². The number of hydrogen-bond acceptors (Lipinski definition) is 6. The molecule has 3 heterocycles. The molecule has 0 unspecified atom stereocenters. The number of nitrogens with one attached hydrogen (secondary N) is 1. The van der Waals surface area contributed by atoms with Crippen LogP contribution in [0.2, 0.25) is 0 Å². The first kappa shape index (κ1) is 19.8. The van der Waals surface area contributed by atoms with Crippen molar-refractivity contribution in [2.24, 2.45) is 7.05 Å². The third-order valence-corrected chi connectivity index (χ3v) is 5.66. The molecule has 2 aromatic heterocycles. The molecular weight excluding hydrogens is 422 g/mol. The maximum atomic E-state index is 14.5. The predicted molar refractivity (Wildman–Crippen MR) is 109 cm³/mol. The summed E-state index contributed by atoms with van der Waals surface area (Å²) in [7, 11) is 1.68. The molecule has 1 aliphatic rings. The Morgan fingerprint density at radius 1 is 1.19 bits per heavy atom. The number of anilines is 1. The Labute approximate surface area is 178 Å². The summed E-state index contributed by atoms with van der Waals surface area (Å²) < 4.78 is 29.7. The number of aryl methyl sites for hydroxylation is 1. The molecule has 0 fully saturated rings. The van der Waals surface area contributed by atoms with Crippen LogP contribution < -0.4 is 10.5 Å². The lowest BCUT2D eigenvalue weighted by Crippen LogP contribution is -2.41. The number of rotatable bonds is 4. The van der Waals surface area contributed by atoms with Crippen LogP contribution in [0, 0.1) is 11.6 Å². The fourth-order valence-electron chi connectivity index (χ4n) is 4.41. The molecule has 2 N–H and O–H groups in total. The predicted octanol–water partition coefficient (Wildman–Crippen LogP) is 2.11. The number of hydrogen-bond donors (Lipinski definition) is 2. The Kier molecular flexibility index (Phi) is 4.47. The smallest absolute Gasteiger partial charge is 0.323 e. The molecule has 32 heavy (non-hydrogen) atoms. The summed E-state index contributed by atoms with van der Waals surface area (Å²) in [5.41, 5.74) is 0.568. The molecule has 162 valence electrons. The Balaban J connectivity index is 1.90. The largest absolute Gasteiger partial charge is 0.480 e. The number of carbonyl (C=O) groups is 1. The highest BCUT2D eigenvalue weighted by atomic mass is 19.1. The van der Waals surface area contributed by atoms with E-state index in [1.54, 1.807) is 7.05 Å². The lowest BCUT2D eigenvalue weighted by Gasteiger charge is -2.41. The number of nitrogens with zero attached hydrogens (tertiary/aromatic N) is 5. The molecule has 0 saturated heterocycles. The van der Waals surface area contributed by atoms with E-state index in [1.807, 2.05) is 0 Å². The third-order valence-electron chi connectivity index (χ3n) is 5.66. The highest BCUT2D eigenvalue weighted by molar-refractivity contribution is 5.99. The molecule has 0 radical (unpaired) electrons. The van der Waals surface area contributed by atoms with Crippen LogP contribution in [0.4, 0.5) is 14.5 Å². The van der Waals surface area contributed by atoms with Gasteiger partial charge in [0.25, 0.3) is 5.56 Å². The first-order valence-corrected chi connectivity index (χ1v) is 9.64. The van der Waals surface area contributed by atoms with Gasteiger partial charge in [-0.2, -0.15) is 10.2 Å². The van der Waals surface area contributed by atoms with Gasteiger partial charge in [0.15, 0.2) is 0 Å².